The molecule has 0 aliphatic heterocycles. The first-order valence-electron chi connectivity index (χ1n) is 8.37. The highest BCUT2D eigenvalue weighted by Crippen LogP contribution is 2.33. The summed E-state index contributed by atoms with van der Waals surface area (Å²) < 4.78 is 1.28. The Kier molecular flexibility index (Phi) is 5.26. The molecule has 0 aliphatic rings. The first kappa shape index (κ1) is 19.3. The largest absolute Gasteiger partial charge is 0.506 e. The van der Waals surface area contributed by atoms with Crippen LogP contribution in [0.3, 0.4) is 0 Å². The zero-order chi connectivity index (χ0) is 20.4. The lowest BCUT2D eigenvalue weighted by atomic mass is 10.1. The van der Waals surface area contributed by atoms with Gasteiger partial charge < -0.3 is 14.6 Å². The van der Waals surface area contributed by atoms with Crippen molar-refractivity contribution in [2.24, 2.45) is 12.2 Å². The Labute approximate surface area is 164 Å². The summed E-state index contributed by atoms with van der Waals surface area (Å²) in [6.45, 7) is 2.00. The zero-order valence-electron chi connectivity index (χ0n) is 15.1. The summed E-state index contributed by atoms with van der Waals surface area (Å²) in [5.74, 6) is -1.10. The van der Waals surface area contributed by atoms with Crippen LogP contribution in [0.1, 0.15) is 17.3 Å². The highest BCUT2D eigenvalue weighted by atomic mass is 35.5. The third kappa shape index (κ3) is 3.15. The molecule has 0 bridgehead atoms. The molecule has 0 radical (unpaired) electrons. The Morgan fingerprint density at radius 1 is 1.29 bits per heavy atom. The minimum atomic E-state index is -0.654. The molecule has 0 unspecified atom stereocenters. The van der Waals surface area contributed by atoms with Crippen LogP contribution >= 0.6 is 11.6 Å². The molecule has 0 fully saturated rings. The van der Waals surface area contributed by atoms with Crippen molar-refractivity contribution in [3.05, 3.63) is 73.8 Å². The molecule has 0 spiro atoms. The number of anilines is 1. The number of hydrogen-bond acceptors (Lipinski definition) is 4. The second-order valence-electron chi connectivity index (χ2n) is 5.98. The maximum Gasteiger partial charge on any atom is 0.267 e. The van der Waals surface area contributed by atoms with Crippen LogP contribution in [0.5, 0.6) is 5.75 Å². The van der Waals surface area contributed by atoms with Crippen LogP contribution < -0.4 is 10.5 Å². The maximum absolute atomic E-state index is 13.2. The van der Waals surface area contributed by atoms with E-state index in [1.54, 1.807) is 49.4 Å². The van der Waals surface area contributed by atoms with Crippen LogP contribution in [0.4, 0.5) is 11.4 Å². The fourth-order valence-corrected chi connectivity index (χ4v) is 3.31. The summed E-state index contributed by atoms with van der Waals surface area (Å²) in [5.41, 5.74) is 8.82. The molecule has 142 valence electrons. The average Bonchev–Trinajstić information content (AvgIpc) is 2.68. The van der Waals surface area contributed by atoms with Crippen LogP contribution in [-0.4, -0.2) is 22.1 Å². The van der Waals surface area contributed by atoms with Crippen molar-refractivity contribution in [2.75, 3.05) is 11.4 Å². The predicted molar refractivity (Wildman–Crippen MR) is 108 cm³/mol. The Balaban J connectivity index is 2.17. The van der Waals surface area contributed by atoms with Crippen LogP contribution in [0.2, 0.25) is 5.02 Å². The number of nitrogens with zero attached hydrogens (tertiary/aromatic N) is 5. The molecule has 9 heteroatoms. The summed E-state index contributed by atoms with van der Waals surface area (Å²) in [5, 5.41) is 14.7. The molecular formula is C19H16ClN5O3. The number of rotatable bonds is 4. The number of carbonyl (C=O) groups is 1. The number of halogens is 1. The number of fused-ring (bicyclic) bond motifs is 1. The Hall–Kier alpha value is -3.48. The minimum Gasteiger partial charge on any atom is -0.506 e. The fourth-order valence-electron chi connectivity index (χ4n) is 3.05. The highest BCUT2D eigenvalue weighted by Gasteiger charge is 2.26. The summed E-state index contributed by atoms with van der Waals surface area (Å²) >= 11 is 6.20. The highest BCUT2D eigenvalue weighted by molar-refractivity contribution is 6.36. The van der Waals surface area contributed by atoms with Gasteiger partial charge in [-0.3, -0.25) is 9.59 Å². The van der Waals surface area contributed by atoms with Crippen LogP contribution in [-0.2, 0) is 7.05 Å². The van der Waals surface area contributed by atoms with E-state index in [9.17, 15) is 14.7 Å². The van der Waals surface area contributed by atoms with E-state index in [1.807, 2.05) is 0 Å². The zero-order valence-corrected chi connectivity index (χ0v) is 15.9. The molecule has 0 saturated heterocycles. The standard InChI is InChI=1S/C19H16ClN5O3/c1-3-25(12-9-7-11(8-10-12)22-23-21)19(28)16-17(26)15-13(20)5-4-6-14(15)24(2)18(16)27/h4-10,26H,3H2,1-2H3. The molecule has 0 aliphatic carbocycles. The average molecular weight is 398 g/mol. The predicted octanol–water partition coefficient (Wildman–Crippen LogP) is 4.51. The van der Waals surface area contributed by atoms with E-state index < -0.39 is 17.2 Å². The molecule has 1 amide bonds. The van der Waals surface area contributed by atoms with Gasteiger partial charge in [0.25, 0.3) is 11.5 Å². The van der Waals surface area contributed by atoms with Crippen molar-refractivity contribution in [2.45, 2.75) is 6.92 Å². The molecule has 28 heavy (non-hydrogen) atoms. The Morgan fingerprint density at radius 3 is 2.57 bits per heavy atom. The Bertz CT molecular complexity index is 1180. The molecule has 0 atom stereocenters. The lowest BCUT2D eigenvalue weighted by molar-refractivity contribution is 0.0984. The third-order valence-corrected chi connectivity index (χ3v) is 4.76. The third-order valence-electron chi connectivity index (χ3n) is 4.44. The van der Waals surface area contributed by atoms with E-state index in [0.717, 1.165) is 0 Å². The van der Waals surface area contributed by atoms with Gasteiger partial charge in [-0.05, 0) is 36.7 Å². The van der Waals surface area contributed by atoms with Crippen molar-refractivity contribution in [3.8, 4) is 5.75 Å². The van der Waals surface area contributed by atoms with Crippen molar-refractivity contribution in [1.82, 2.24) is 4.57 Å². The first-order chi connectivity index (χ1) is 13.4. The van der Waals surface area contributed by atoms with Crippen molar-refractivity contribution in [3.63, 3.8) is 0 Å². The van der Waals surface area contributed by atoms with Gasteiger partial charge in [-0.25, -0.2) is 0 Å². The van der Waals surface area contributed by atoms with E-state index in [4.69, 9.17) is 17.1 Å². The number of carbonyl (C=O) groups excluding carboxylic acids is 1. The van der Waals surface area contributed by atoms with Gasteiger partial charge in [-0.1, -0.05) is 34.9 Å². The molecule has 1 N–H and O–H groups in total. The van der Waals surface area contributed by atoms with Gasteiger partial charge in [-0.2, -0.15) is 0 Å². The first-order valence-corrected chi connectivity index (χ1v) is 8.75. The molecule has 8 nitrogen and oxygen atoms in total. The SMILES string of the molecule is CCN(C(=O)c1c(O)c2c(Cl)cccc2n(C)c1=O)c1ccc(N=[N+]=[N-])cc1. The van der Waals surface area contributed by atoms with Gasteiger partial charge >= 0.3 is 0 Å². The number of hydrogen-bond donors (Lipinski definition) is 1. The van der Waals surface area contributed by atoms with E-state index >= 15 is 0 Å². The molecule has 1 aromatic heterocycles. The smallest absolute Gasteiger partial charge is 0.267 e. The number of azide groups is 1. The second-order valence-corrected chi connectivity index (χ2v) is 6.38. The number of pyridine rings is 1. The summed E-state index contributed by atoms with van der Waals surface area (Å²) in [7, 11) is 1.52. The number of aromatic nitrogens is 1. The molecule has 3 aromatic rings. The van der Waals surface area contributed by atoms with Crippen molar-refractivity contribution < 1.29 is 9.90 Å². The van der Waals surface area contributed by atoms with Gasteiger partial charge in [0.05, 0.1) is 15.9 Å². The lowest BCUT2D eigenvalue weighted by Crippen LogP contribution is -2.36. The quantitative estimate of drug-likeness (QED) is 0.397. The normalized spacial score (nSPS) is 10.5. The van der Waals surface area contributed by atoms with Gasteiger partial charge in [-0.15, -0.1) is 0 Å². The number of amides is 1. The molecule has 0 saturated carbocycles. The minimum absolute atomic E-state index is 0.237. The fraction of sp³-hybridized carbons (Fsp3) is 0.158. The monoisotopic (exact) mass is 397 g/mol. The molecule has 2 aromatic carbocycles. The lowest BCUT2D eigenvalue weighted by Gasteiger charge is -2.22. The van der Waals surface area contributed by atoms with Gasteiger partial charge in [0.2, 0.25) is 0 Å². The summed E-state index contributed by atoms with van der Waals surface area (Å²) in [6, 6.07) is 11.2. The van der Waals surface area contributed by atoms with Gasteiger partial charge in [0.15, 0.2) is 0 Å². The van der Waals surface area contributed by atoms with E-state index in [1.165, 1.54) is 16.5 Å². The van der Waals surface area contributed by atoms with Crippen LogP contribution in [0.25, 0.3) is 21.3 Å². The molecule has 1 heterocycles. The van der Waals surface area contributed by atoms with E-state index in [-0.39, 0.29) is 22.5 Å². The van der Waals surface area contributed by atoms with E-state index in [2.05, 4.69) is 10.0 Å². The molecule has 3 rings (SSSR count). The van der Waals surface area contributed by atoms with Crippen molar-refractivity contribution in [1.29, 1.82) is 0 Å². The maximum atomic E-state index is 13.2. The van der Waals surface area contributed by atoms with Gasteiger partial charge in [0.1, 0.15) is 11.3 Å². The number of benzene rings is 2. The Morgan fingerprint density at radius 2 is 1.96 bits per heavy atom. The number of aromatic hydroxyl groups is 1. The number of aryl methyl sites for hydroxylation is 1. The topological polar surface area (TPSA) is 111 Å². The molecular weight excluding hydrogens is 382 g/mol. The second kappa shape index (κ2) is 7.64. The van der Waals surface area contributed by atoms with E-state index in [0.29, 0.717) is 16.9 Å². The summed E-state index contributed by atoms with van der Waals surface area (Å²) in [4.78, 5) is 30.0. The van der Waals surface area contributed by atoms with Crippen molar-refractivity contribution >= 4 is 39.8 Å². The van der Waals surface area contributed by atoms with Crippen LogP contribution in [0, 0.1) is 0 Å². The summed E-state index contributed by atoms with van der Waals surface area (Å²) in [6.07, 6.45) is 0. The van der Waals surface area contributed by atoms with Gasteiger partial charge in [0, 0.05) is 29.9 Å². The van der Waals surface area contributed by atoms with Crippen LogP contribution in [0.15, 0.2) is 52.4 Å².